The lowest BCUT2D eigenvalue weighted by atomic mass is 10.1. The highest BCUT2D eigenvalue weighted by molar-refractivity contribution is 7.80. The minimum atomic E-state index is -0.166. The Morgan fingerprint density at radius 2 is 2.00 bits per heavy atom. The number of hydrogen-bond donors (Lipinski definition) is 2. The topological polar surface area (TPSA) is 41.1 Å². The largest absolute Gasteiger partial charge is 0.356 e. The lowest BCUT2D eigenvalue weighted by molar-refractivity contribution is 0.0980. The van der Waals surface area contributed by atoms with E-state index in [2.05, 4.69) is 17.6 Å². The molecule has 0 radical (unpaired) electrons. The number of rotatable bonds is 4. The van der Waals surface area contributed by atoms with Crippen LogP contribution in [0.5, 0.6) is 0 Å². The van der Waals surface area contributed by atoms with Gasteiger partial charge in [0.1, 0.15) is 0 Å². The molecule has 3 nitrogen and oxygen atoms in total. The number of hydrogen-bond acceptors (Lipinski definition) is 3. The van der Waals surface area contributed by atoms with Crippen LogP contribution in [0.3, 0.4) is 0 Å². The molecule has 0 fully saturated rings. The van der Waals surface area contributed by atoms with E-state index in [9.17, 15) is 4.79 Å². The maximum absolute atomic E-state index is 11.9. The van der Waals surface area contributed by atoms with Gasteiger partial charge < -0.3 is 5.32 Å². The van der Waals surface area contributed by atoms with Crippen LogP contribution in [0.15, 0.2) is 47.8 Å². The van der Waals surface area contributed by atoms with E-state index in [1.165, 1.54) is 11.3 Å². The standard InChI is InChI=1S/C15H16N2OS2/c1-2-12(11-7-4-3-5-8-11)16-15(19)17-14(18)13-9-6-10-20-13/h3-10,12H,2H2,1H3,(H2,16,17,18,19). The highest BCUT2D eigenvalue weighted by Crippen LogP contribution is 2.15. The fraction of sp³-hybridized carbons (Fsp3) is 0.200. The maximum Gasteiger partial charge on any atom is 0.267 e. The summed E-state index contributed by atoms with van der Waals surface area (Å²) in [5.41, 5.74) is 1.16. The van der Waals surface area contributed by atoms with Crippen molar-refractivity contribution in [2.45, 2.75) is 19.4 Å². The summed E-state index contributed by atoms with van der Waals surface area (Å²) in [6, 6.07) is 13.8. The van der Waals surface area contributed by atoms with Crippen molar-refractivity contribution in [3.63, 3.8) is 0 Å². The molecule has 0 saturated carbocycles. The number of nitrogens with one attached hydrogen (secondary N) is 2. The predicted molar refractivity (Wildman–Crippen MR) is 87.0 cm³/mol. The van der Waals surface area contributed by atoms with Crippen molar-refractivity contribution in [3.8, 4) is 0 Å². The van der Waals surface area contributed by atoms with Crippen LogP contribution < -0.4 is 10.6 Å². The van der Waals surface area contributed by atoms with Crippen LogP contribution in [-0.4, -0.2) is 11.0 Å². The smallest absolute Gasteiger partial charge is 0.267 e. The number of thiophene rings is 1. The Bertz CT molecular complexity index is 567. The molecule has 1 atom stereocenters. The first-order chi connectivity index (χ1) is 9.70. The summed E-state index contributed by atoms with van der Waals surface area (Å²) < 4.78 is 0. The number of amides is 1. The Morgan fingerprint density at radius 1 is 1.25 bits per heavy atom. The molecule has 0 aliphatic heterocycles. The molecule has 5 heteroatoms. The number of carbonyl (C=O) groups is 1. The molecule has 0 saturated heterocycles. The van der Waals surface area contributed by atoms with E-state index in [1.54, 1.807) is 6.07 Å². The van der Waals surface area contributed by atoms with E-state index in [4.69, 9.17) is 12.2 Å². The van der Waals surface area contributed by atoms with Crippen molar-refractivity contribution in [1.29, 1.82) is 0 Å². The molecule has 1 aromatic heterocycles. The number of thiocarbonyl (C=S) groups is 1. The van der Waals surface area contributed by atoms with E-state index in [0.29, 0.717) is 9.99 Å². The molecule has 1 amide bonds. The Hall–Kier alpha value is -1.72. The molecule has 0 aliphatic rings. The summed E-state index contributed by atoms with van der Waals surface area (Å²) in [5, 5.41) is 8.11. The third-order valence-electron chi connectivity index (χ3n) is 2.89. The number of benzene rings is 1. The summed E-state index contributed by atoms with van der Waals surface area (Å²) in [4.78, 5) is 12.5. The molecule has 1 heterocycles. The SMILES string of the molecule is CCC(NC(=S)NC(=O)c1cccs1)c1ccccc1. The minimum Gasteiger partial charge on any atom is -0.356 e. The van der Waals surface area contributed by atoms with Gasteiger partial charge in [-0.25, -0.2) is 0 Å². The Kier molecular flexibility index (Phi) is 5.26. The fourth-order valence-electron chi connectivity index (χ4n) is 1.87. The average molecular weight is 304 g/mol. The third kappa shape index (κ3) is 3.88. The van der Waals surface area contributed by atoms with Crippen molar-refractivity contribution >= 4 is 34.6 Å². The van der Waals surface area contributed by atoms with Crippen molar-refractivity contribution in [3.05, 3.63) is 58.3 Å². The van der Waals surface area contributed by atoms with Crippen LogP contribution in [0.4, 0.5) is 0 Å². The first-order valence-corrected chi connectivity index (χ1v) is 7.69. The summed E-state index contributed by atoms with van der Waals surface area (Å²) >= 11 is 6.60. The molecule has 1 unspecified atom stereocenters. The van der Waals surface area contributed by atoms with Crippen LogP contribution >= 0.6 is 23.6 Å². The molecule has 0 aliphatic carbocycles. The van der Waals surface area contributed by atoms with Gasteiger partial charge in [0, 0.05) is 0 Å². The van der Waals surface area contributed by atoms with Crippen LogP contribution in [0.1, 0.15) is 34.6 Å². The van der Waals surface area contributed by atoms with Gasteiger partial charge in [-0.2, -0.15) is 0 Å². The molecule has 0 spiro atoms. The quantitative estimate of drug-likeness (QED) is 0.849. The summed E-state index contributed by atoms with van der Waals surface area (Å²) in [6.45, 7) is 2.08. The fourth-order valence-corrected chi connectivity index (χ4v) is 2.73. The zero-order chi connectivity index (χ0) is 14.4. The van der Waals surface area contributed by atoms with Crippen molar-refractivity contribution in [2.75, 3.05) is 0 Å². The van der Waals surface area contributed by atoms with Crippen molar-refractivity contribution in [2.24, 2.45) is 0 Å². The van der Waals surface area contributed by atoms with E-state index in [-0.39, 0.29) is 11.9 Å². The van der Waals surface area contributed by atoms with Crippen LogP contribution in [0.25, 0.3) is 0 Å². The van der Waals surface area contributed by atoms with Crippen LogP contribution in [-0.2, 0) is 0 Å². The highest BCUT2D eigenvalue weighted by atomic mass is 32.1. The molecular weight excluding hydrogens is 288 g/mol. The van der Waals surface area contributed by atoms with Gasteiger partial charge in [-0.3, -0.25) is 10.1 Å². The monoisotopic (exact) mass is 304 g/mol. The number of carbonyl (C=O) groups excluding carboxylic acids is 1. The van der Waals surface area contributed by atoms with Crippen LogP contribution in [0, 0.1) is 0 Å². The Morgan fingerprint density at radius 3 is 2.60 bits per heavy atom. The summed E-state index contributed by atoms with van der Waals surface area (Å²) in [7, 11) is 0. The zero-order valence-corrected chi connectivity index (χ0v) is 12.8. The predicted octanol–water partition coefficient (Wildman–Crippen LogP) is 3.50. The molecule has 20 heavy (non-hydrogen) atoms. The lowest BCUT2D eigenvalue weighted by Crippen LogP contribution is -2.40. The van der Waals surface area contributed by atoms with Gasteiger partial charge in [0.2, 0.25) is 0 Å². The molecule has 2 N–H and O–H groups in total. The van der Waals surface area contributed by atoms with E-state index < -0.39 is 0 Å². The second-order valence-corrected chi connectivity index (χ2v) is 5.63. The van der Waals surface area contributed by atoms with Gasteiger partial charge in [0.05, 0.1) is 10.9 Å². The van der Waals surface area contributed by atoms with E-state index >= 15 is 0 Å². The molecule has 1 aromatic carbocycles. The van der Waals surface area contributed by atoms with Gasteiger partial charge >= 0.3 is 0 Å². The van der Waals surface area contributed by atoms with Crippen molar-refractivity contribution in [1.82, 2.24) is 10.6 Å². The van der Waals surface area contributed by atoms with Crippen molar-refractivity contribution < 1.29 is 4.79 Å². The molecular formula is C15H16N2OS2. The normalized spacial score (nSPS) is 11.7. The van der Waals surface area contributed by atoms with Gasteiger partial charge in [-0.15, -0.1) is 11.3 Å². The second-order valence-electron chi connectivity index (χ2n) is 4.28. The van der Waals surface area contributed by atoms with Gasteiger partial charge in [-0.1, -0.05) is 43.3 Å². The Balaban J connectivity index is 1.95. The molecule has 104 valence electrons. The minimum absolute atomic E-state index is 0.104. The molecule has 2 rings (SSSR count). The van der Waals surface area contributed by atoms with Gasteiger partial charge in [-0.05, 0) is 35.6 Å². The maximum atomic E-state index is 11.9. The third-order valence-corrected chi connectivity index (χ3v) is 3.98. The molecule has 0 bridgehead atoms. The zero-order valence-electron chi connectivity index (χ0n) is 11.1. The summed E-state index contributed by atoms with van der Waals surface area (Å²) in [6.07, 6.45) is 0.888. The van der Waals surface area contributed by atoms with E-state index in [0.717, 1.165) is 12.0 Å². The summed E-state index contributed by atoms with van der Waals surface area (Å²) in [5.74, 6) is -0.166. The average Bonchev–Trinajstić information content (AvgIpc) is 3.00. The second kappa shape index (κ2) is 7.17. The van der Waals surface area contributed by atoms with Crippen LogP contribution in [0.2, 0.25) is 0 Å². The molecule has 2 aromatic rings. The lowest BCUT2D eigenvalue weighted by Gasteiger charge is -2.19. The van der Waals surface area contributed by atoms with Gasteiger partial charge in [0.25, 0.3) is 5.91 Å². The highest BCUT2D eigenvalue weighted by Gasteiger charge is 2.13. The van der Waals surface area contributed by atoms with E-state index in [1.807, 2.05) is 41.8 Å². The Labute approximate surface area is 128 Å². The first kappa shape index (κ1) is 14.7. The van der Waals surface area contributed by atoms with Gasteiger partial charge in [0.15, 0.2) is 5.11 Å². The first-order valence-electron chi connectivity index (χ1n) is 6.41.